The third-order valence-corrected chi connectivity index (χ3v) is 4.57. The van der Waals surface area contributed by atoms with Crippen LogP contribution in [0.2, 0.25) is 0 Å². The van der Waals surface area contributed by atoms with Gasteiger partial charge >= 0.3 is 5.69 Å². The molecule has 0 unspecified atom stereocenters. The van der Waals surface area contributed by atoms with Crippen molar-refractivity contribution in [2.75, 3.05) is 14.2 Å². The lowest BCUT2D eigenvalue weighted by Crippen LogP contribution is -2.30. The van der Waals surface area contributed by atoms with E-state index in [1.165, 1.54) is 23.3 Å². The van der Waals surface area contributed by atoms with Crippen molar-refractivity contribution < 1.29 is 14.3 Å². The number of benzene rings is 2. The van der Waals surface area contributed by atoms with Crippen molar-refractivity contribution in [2.24, 2.45) is 0 Å². The molecular formula is C20H18N4O4. The van der Waals surface area contributed by atoms with Gasteiger partial charge in [0.25, 0.3) is 0 Å². The first kappa shape index (κ1) is 17.7. The van der Waals surface area contributed by atoms with E-state index in [-0.39, 0.29) is 12.3 Å². The van der Waals surface area contributed by atoms with Crippen LogP contribution in [0.25, 0.3) is 16.6 Å². The van der Waals surface area contributed by atoms with E-state index >= 15 is 0 Å². The summed E-state index contributed by atoms with van der Waals surface area (Å²) in [5.74, 6) is 1.16. The van der Waals surface area contributed by atoms with Crippen molar-refractivity contribution >= 4 is 22.3 Å². The van der Waals surface area contributed by atoms with E-state index in [1.807, 2.05) is 18.2 Å². The van der Waals surface area contributed by atoms with Gasteiger partial charge in [-0.3, -0.25) is 9.36 Å². The lowest BCUT2D eigenvalue weighted by Gasteiger charge is -2.13. The Bertz CT molecular complexity index is 1270. The van der Waals surface area contributed by atoms with Crippen molar-refractivity contribution in [3.05, 3.63) is 64.3 Å². The lowest BCUT2D eigenvalue weighted by molar-refractivity contribution is 0.0968. The summed E-state index contributed by atoms with van der Waals surface area (Å²) >= 11 is 0. The summed E-state index contributed by atoms with van der Waals surface area (Å²) < 4.78 is 13.1. The molecule has 0 saturated carbocycles. The van der Waals surface area contributed by atoms with Gasteiger partial charge in [0.1, 0.15) is 17.3 Å². The summed E-state index contributed by atoms with van der Waals surface area (Å²) in [5, 5.41) is 4.92. The number of hydrogen-bond acceptors (Lipinski definition) is 6. The second-order valence-electron chi connectivity index (χ2n) is 6.27. The summed E-state index contributed by atoms with van der Waals surface area (Å²) in [6.07, 6.45) is 0. The molecule has 0 N–H and O–H groups in total. The Kier molecular flexibility index (Phi) is 4.31. The molecule has 0 aliphatic carbocycles. The number of ether oxygens (including phenoxy) is 2. The third-order valence-electron chi connectivity index (χ3n) is 4.57. The summed E-state index contributed by atoms with van der Waals surface area (Å²) in [6.45, 7) is 1.55. The van der Waals surface area contributed by atoms with Crippen molar-refractivity contribution in [2.45, 2.75) is 13.5 Å². The van der Waals surface area contributed by atoms with E-state index in [0.717, 1.165) is 5.39 Å². The van der Waals surface area contributed by atoms with Gasteiger partial charge < -0.3 is 9.47 Å². The molecule has 0 bridgehead atoms. The van der Waals surface area contributed by atoms with Crippen LogP contribution in [0.3, 0.4) is 0 Å². The Balaban J connectivity index is 1.89. The second-order valence-corrected chi connectivity index (χ2v) is 6.27. The molecule has 2 aromatic carbocycles. The van der Waals surface area contributed by atoms with Crippen molar-refractivity contribution in [1.82, 2.24) is 19.2 Å². The molecule has 2 heterocycles. The summed E-state index contributed by atoms with van der Waals surface area (Å²) in [4.78, 5) is 30.4. The fraction of sp³-hybridized carbons (Fsp3) is 0.200. The number of carbonyl (C=O) groups is 1. The molecule has 2 aromatic heterocycles. The minimum absolute atomic E-state index is 0.169. The summed E-state index contributed by atoms with van der Waals surface area (Å²) in [7, 11) is 3.01. The number of ketones is 1. The standard InChI is InChI=1S/C20H18N4O4/c1-12-21-19-14-6-4-5-7-16(14)23(20(26)24(19)22-12)11-17(25)15-10-13(27-2)8-9-18(15)28-3/h4-10H,11H2,1-3H3. The predicted molar refractivity (Wildman–Crippen MR) is 103 cm³/mol. The smallest absolute Gasteiger partial charge is 0.351 e. The molecule has 0 radical (unpaired) electrons. The number of carbonyl (C=O) groups excluding carboxylic acids is 1. The van der Waals surface area contributed by atoms with Gasteiger partial charge in [-0.1, -0.05) is 12.1 Å². The van der Waals surface area contributed by atoms with E-state index in [0.29, 0.717) is 34.1 Å². The molecule has 8 heteroatoms. The number of nitrogens with zero attached hydrogens (tertiary/aromatic N) is 4. The minimum atomic E-state index is -0.426. The first-order chi connectivity index (χ1) is 13.5. The van der Waals surface area contributed by atoms with Gasteiger partial charge in [-0.15, -0.1) is 5.10 Å². The zero-order chi connectivity index (χ0) is 19.8. The third kappa shape index (κ3) is 2.79. The second kappa shape index (κ2) is 6.80. The maximum Gasteiger partial charge on any atom is 0.351 e. The first-order valence-corrected chi connectivity index (χ1v) is 8.63. The van der Waals surface area contributed by atoms with E-state index in [2.05, 4.69) is 10.1 Å². The zero-order valence-electron chi connectivity index (χ0n) is 15.7. The highest BCUT2D eigenvalue weighted by Gasteiger charge is 2.19. The predicted octanol–water partition coefficient (Wildman–Crippen LogP) is 2.25. The van der Waals surface area contributed by atoms with Crippen LogP contribution in [0.15, 0.2) is 47.3 Å². The SMILES string of the molecule is COc1ccc(OC)c(C(=O)Cn2c(=O)n3nc(C)nc3c3ccccc32)c1. The van der Waals surface area contributed by atoms with Crippen LogP contribution in [-0.2, 0) is 6.54 Å². The van der Waals surface area contributed by atoms with Crippen LogP contribution in [-0.4, -0.2) is 39.2 Å². The molecule has 0 saturated heterocycles. The number of fused-ring (bicyclic) bond motifs is 3. The molecule has 8 nitrogen and oxygen atoms in total. The van der Waals surface area contributed by atoms with E-state index in [1.54, 1.807) is 31.2 Å². The van der Waals surface area contributed by atoms with Gasteiger partial charge in [-0.05, 0) is 37.3 Å². The molecule has 28 heavy (non-hydrogen) atoms. The average Bonchev–Trinajstić information content (AvgIpc) is 3.12. The Hall–Kier alpha value is -3.68. The fourth-order valence-corrected chi connectivity index (χ4v) is 3.25. The van der Waals surface area contributed by atoms with Crippen LogP contribution in [0.4, 0.5) is 0 Å². The van der Waals surface area contributed by atoms with Gasteiger partial charge in [0, 0.05) is 5.39 Å². The summed E-state index contributed by atoms with van der Waals surface area (Å²) in [5.41, 5.74) is 1.00. The lowest BCUT2D eigenvalue weighted by atomic mass is 10.1. The van der Waals surface area contributed by atoms with Crippen LogP contribution in [0.5, 0.6) is 11.5 Å². The van der Waals surface area contributed by atoms with Gasteiger partial charge in [-0.2, -0.15) is 4.52 Å². The van der Waals surface area contributed by atoms with Crippen LogP contribution in [0.1, 0.15) is 16.2 Å². The van der Waals surface area contributed by atoms with Crippen molar-refractivity contribution in [1.29, 1.82) is 0 Å². The number of rotatable bonds is 5. The highest BCUT2D eigenvalue weighted by atomic mass is 16.5. The van der Waals surface area contributed by atoms with Crippen LogP contribution in [0, 0.1) is 6.92 Å². The number of methoxy groups -OCH3 is 2. The Labute approximate surface area is 160 Å². The fourth-order valence-electron chi connectivity index (χ4n) is 3.25. The van der Waals surface area contributed by atoms with Crippen LogP contribution < -0.4 is 15.2 Å². The van der Waals surface area contributed by atoms with Crippen molar-refractivity contribution in [3.8, 4) is 11.5 Å². The minimum Gasteiger partial charge on any atom is -0.497 e. The normalized spacial score (nSPS) is 11.1. The highest BCUT2D eigenvalue weighted by Crippen LogP contribution is 2.25. The maximum absolute atomic E-state index is 13.1. The first-order valence-electron chi connectivity index (χ1n) is 8.63. The van der Waals surface area contributed by atoms with Crippen LogP contribution >= 0.6 is 0 Å². The van der Waals surface area contributed by atoms with Crippen molar-refractivity contribution in [3.63, 3.8) is 0 Å². The van der Waals surface area contributed by atoms with Gasteiger partial charge in [0.05, 0.1) is 31.8 Å². The largest absolute Gasteiger partial charge is 0.497 e. The van der Waals surface area contributed by atoms with E-state index in [4.69, 9.17) is 9.47 Å². The number of para-hydroxylation sites is 1. The zero-order valence-corrected chi connectivity index (χ0v) is 15.7. The average molecular weight is 378 g/mol. The van der Waals surface area contributed by atoms with E-state index in [9.17, 15) is 9.59 Å². The quantitative estimate of drug-likeness (QED) is 0.495. The topological polar surface area (TPSA) is 87.7 Å². The molecule has 0 aliphatic rings. The Morgan fingerprint density at radius 2 is 1.89 bits per heavy atom. The molecule has 0 fully saturated rings. The van der Waals surface area contributed by atoms with Gasteiger partial charge in [0.2, 0.25) is 0 Å². The monoisotopic (exact) mass is 378 g/mol. The number of hydrogen-bond donors (Lipinski definition) is 0. The summed E-state index contributed by atoms with van der Waals surface area (Å²) in [6, 6.07) is 12.3. The Morgan fingerprint density at radius 1 is 1.11 bits per heavy atom. The molecule has 0 aliphatic heterocycles. The molecule has 4 rings (SSSR count). The molecule has 0 amide bonds. The number of aryl methyl sites for hydroxylation is 1. The Morgan fingerprint density at radius 3 is 2.64 bits per heavy atom. The molecule has 0 spiro atoms. The van der Waals surface area contributed by atoms with Gasteiger partial charge in [-0.25, -0.2) is 9.78 Å². The molecular weight excluding hydrogens is 360 g/mol. The molecule has 4 aromatic rings. The van der Waals surface area contributed by atoms with Gasteiger partial charge in [0.15, 0.2) is 11.4 Å². The van der Waals surface area contributed by atoms with E-state index < -0.39 is 5.69 Å². The molecule has 0 atom stereocenters. The highest BCUT2D eigenvalue weighted by molar-refractivity contribution is 6.00. The number of aromatic nitrogens is 4. The maximum atomic E-state index is 13.1. The number of Topliss-reactive ketones (excluding diaryl/α,β-unsaturated/α-hetero) is 1. The molecule has 142 valence electrons.